The van der Waals surface area contributed by atoms with Crippen LogP contribution in [0.2, 0.25) is 0 Å². The van der Waals surface area contributed by atoms with Gasteiger partial charge in [-0.05, 0) is 31.9 Å². The summed E-state index contributed by atoms with van der Waals surface area (Å²) in [5, 5.41) is 9.48. The highest BCUT2D eigenvalue weighted by Crippen LogP contribution is 2.14. The molecule has 4 nitrogen and oxygen atoms in total. The zero-order chi connectivity index (χ0) is 13.6. The average molecular weight is 272 g/mol. The van der Waals surface area contributed by atoms with E-state index in [1.54, 1.807) is 12.1 Å². The van der Waals surface area contributed by atoms with Gasteiger partial charge in [-0.2, -0.15) is 8.42 Å². The topological polar surface area (TPSA) is 63.6 Å². The van der Waals surface area contributed by atoms with E-state index in [1.807, 2.05) is 13.8 Å². The number of aryl methyl sites for hydroxylation is 1. The van der Waals surface area contributed by atoms with Gasteiger partial charge in [0.25, 0.3) is 10.1 Å². The van der Waals surface area contributed by atoms with Crippen LogP contribution >= 0.6 is 0 Å². The van der Waals surface area contributed by atoms with Crippen LogP contribution in [0.25, 0.3) is 0 Å². The first-order valence-electron chi connectivity index (χ1n) is 6.10. The third-order valence-electron chi connectivity index (χ3n) is 2.62. The maximum Gasteiger partial charge on any atom is 0.296 e. The molecule has 0 amide bonds. The molecule has 1 aromatic carbocycles. The van der Waals surface area contributed by atoms with Crippen molar-refractivity contribution < 1.29 is 17.7 Å². The number of aliphatic hydroxyl groups is 1. The Kier molecular flexibility index (Phi) is 5.78. The quantitative estimate of drug-likeness (QED) is 0.773. The second kappa shape index (κ2) is 6.87. The Hall–Kier alpha value is -0.910. The molecule has 0 spiro atoms. The predicted octanol–water partition coefficient (Wildman–Crippen LogP) is 2.25. The first-order valence-corrected chi connectivity index (χ1v) is 7.50. The van der Waals surface area contributed by atoms with Gasteiger partial charge in [0.2, 0.25) is 0 Å². The summed E-state index contributed by atoms with van der Waals surface area (Å²) in [5.74, 6) is 0. The molecule has 1 aromatic rings. The fraction of sp³-hybridized carbons (Fsp3) is 0.538. The van der Waals surface area contributed by atoms with E-state index in [0.717, 1.165) is 12.0 Å². The van der Waals surface area contributed by atoms with Gasteiger partial charge in [0.1, 0.15) is 0 Å². The molecular weight excluding hydrogens is 252 g/mol. The Morgan fingerprint density at radius 1 is 1.22 bits per heavy atom. The Balaban J connectivity index is 2.52. The molecule has 0 fully saturated rings. The van der Waals surface area contributed by atoms with Crippen molar-refractivity contribution in [2.75, 3.05) is 6.61 Å². The predicted molar refractivity (Wildman–Crippen MR) is 69.8 cm³/mol. The van der Waals surface area contributed by atoms with E-state index in [1.165, 1.54) is 12.1 Å². The Labute approximate surface area is 109 Å². The number of benzene rings is 1. The van der Waals surface area contributed by atoms with Crippen molar-refractivity contribution in [1.82, 2.24) is 0 Å². The molecule has 0 radical (unpaired) electrons. The third kappa shape index (κ3) is 4.76. The lowest BCUT2D eigenvalue weighted by Gasteiger charge is -2.09. The fourth-order valence-corrected chi connectivity index (χ4v) is 2.47. The molecule has 0 aliphatic carbocycles. The highest BCUT2D eigenvalue weighted by molar-refractivity contribution is 7.86. The van der Waals surface area contributed by atoms with Crippen LogP contribution in [-0.2, 0) is 14.3 Å². The lowest BCUT2D eigenvalue weighted by molar-refractivity contribution is 0.132. The van der Waals surface area contributed by atoms with Crippen LogP contribution in [0.4, 0.5) is 0 Å². The zero-order valence-corrected chi connectivity index (χ0v) is 11.6. The van der Waals surface area contributed by atoms with Crippen LogP contribution in [0.5, 0.6) is 0 Å². The maximum absolute atomic E-state index is 11.8. The highest BCUT2D eigenvalue weighted by atomic mass is 32.2. The van der Waals surface area contributed by atoms with E-state index in [9.17, 15) is 13.5 Å². The minimum absolute atomic E-state index is 0.0113. The molecule has 1 unspecified atom stereocenters. The van der Waals surface area contributed by atoms with Gasteiger partial charge in [0.05, 0.1) is 17.6 Å². The molecule has 0 saturated heterocycles. The molecule has 0 aliphatic heterocycles. The van der Waals surface area contributed by atoms with E-state index < -0.39 is 16.2 Å². The molecule has 0 aromatic heterocycles. The molecule has 102 valence electrons. The Morgan fingerprint density at radius 2 is 1.83 bits per heavy atom. The number of hydrogen-bond donors (Lipinski definition) is 1. The molecule has 1 N–H and O–H groups in total. The number of rotatable bonds is 7. The Bertz CT molecular complexity index is 450. The van der Waals surface area contributed by atoms with Crippen LogP contribution in [0.1, 0.15) is 31.7 Å². The van der Waals surface area contributed by atoms with Crippen LogP contribution < -0.4 is 0 Å². The van der Waals surface area contributed by atoms with Gasteiger partial charge in [-0.1, -0.05) is 31.0 Å². The summed E-state index contributed by atoms with van der Waals surface area (Å²) in [5.41, 5.74) is 0.993. The first kappa shape index (κ1) is 15.1. The summed E-state index contributed by atoms with van der Waals surface area (Å²) >= 11 is 0. The van der Waals surface area contributed by atoms with Gasteiger partial charge < -0.3 is 5.11 Å². The molecule has 18 heavy (non-hydrogen) atoms. The lowest BCUT2D eigenvalue weighted by Crippen LogP contribution is -2.13. The zero-order valence-electron chi connectivity index (χ0n) is 10.8. The molecule has 0 aliphatic rings. The van der Waals surface area contributed by atoms with Gasteiger partial charge >= 0.3 is 0 Å². The second-order valence-electron chi connectivity index (χ2n) is 4.32. The smallest absolute Gasteiger partial charge is 0.296 e. The van der Waals surface area contributed by atoms with E-state index in [4.69, 9.17) is 4.18 Å². The van der Waals surface area contributed by atoms with Crippen molar-refractivity contribution in [2.24, 2.45) is 0 Å². The molecular formula is C13H20O4S. The van der Waals surface area contributed by atoms with Crippen molar-refractivity contribution in [2.45, 2.75) is 44.1 Å². The molecule has 1 atom stereocenters. The van der Waals surface area contributed by atoms with Gasteiger partial charge in [-0.3, -0.25) is 4.18 Å². The fourth-order valence-electron chi connectivity index (χ4n) is 1.54. The van der Waals surface area contributed by atoms with Crippen LogP contribution in [0.3, 0.4) is 0 Å². The number of hydrogen-bond acceptors (Lipinski definition) is 4. The van der Waals surface area contributed by atoms with Gasteiger partial charge in [-0.15, -0.1) is 0 Å². The normalized spacial score (nSPS) is 13.5. The van der Waals surface area contributed by atoms with Crippen molar-refractivity contribution in [3.05, 3.63) is 29.8 Å². The monoisotopic (exact) mass is 272 g/mol. The molecule has 0 bridgehead atoms. The molecule has 0 saturated carbocycles. The highest BCUT2D eigenvalue weighted by Gasteiger charge is 2.15. The number of aliphatic hydroxyl groups excluding tert-OH is 1. The van der Waals surface area contributed by atoms with E-state index in [-0.39, 0.29) is 11.5 Å². The van der Waals surface area contributed by atoms with Gasteiger partial charge in [-0.25, -0.2) is 0 Å². The SMILES string of the molecule is CCCC(O)CCOS(=O)(=O)c1ccc(C)cc1. The van der Waals surface area contributed by atoms with E-state index in [0.29, 0.717) is 12.8 Å². The molecule has 0 heterocycles. The van der Waals surface area contributed by atoms with Crippen LogP contribution in [-0.4, -0.2) is 26.2 Å². The maximum atomic E-state index is 11.8. The minimum Gasteiger partial charge on any atom is -0.393 e. The minimum atomic E-state index is -3.70. The molecule has 1 rings (SSSR count). The van der Waals surface area contributed by atoms with E-state index in [2.05, 4.69) is 0 Å². The van der Waals surface area contributed by atoms with Crippen LogP contribution in [0, 0.1) is 6.92 Å². The van der Waals surface area contributed by atoms with Crippen molar-refractivity contribution in [3.63, 3.8) is 0 Å². The first-order chi connectivity index (χ1) is 8.45. The van der Waals surface area contributed by atoms with Gasteiger partial charge in [0, 0.05) is 0 Å². The Morgan fingerprint density at radius 3 is 2.39 bits per heavy atom. The lowest BCUT2D eigenvalue weighted by atomic mass is 10.2. The van der Waals surface area contributed by atoms with E-state index >= 15 is 0 Å². The second-order valence-corrected chi connectivity index (χ2v) is 5.94. The van der Waals surface area contributed by atoms with Crippen LogP contribution in [0.15, 0.2) is 29.2 Å². The summed E-state index contributed by atoms with van der Waals surface area (Å²) in [6, 6.07) is 6.49. The summed E-state index contributed by atoms with van der Waals surface area (Å²) in [6.45, 7) is 3.86. The summed E-state index contributed by atoms with van der Waals surface area (Å²) in [7, 11) is -3.70. The van der Waals surface area contributed by atoms with Crippen molar-refractivity contribution in [1.29, 1.82) is 0 Å². The summed E-state index contributed by atoms with van der Waals surface area (Å²) in [6.07, 6.45) is 1.36. The van der Waals surface area contributed by atoms with Gasteiger partial charge in [0.15, 0.2) is 0 Å². The summed E-state index contributed by atoms with van der Waals surface area (Å²) in [4.78, 5) is 0.151. The largest absolute Gasteiger partial charge is 0.393 e. The van der Waals surface area contributed by atoms with Crippen molar-refractivity contribution in [3.8, 4) is 0 Å². The molecule has 5 heteroatoms. The standard InChI is InChI=1S/C13H20O4S/c1-3-4-12(14)9-10-17-18(15,16)13-7-5-11(2)6-8-13/h5-8,12,14H,3-4,9-10H2,1-2H3. The van der Waals surface area contributed by atoms with Crippen molar-refractivity contribution >= 4 is 10.1 Å². The summed E-state index contributed by atoms with van der Waals surface area (Å²) < 4.78 is 28.4. The third-order valence-corrected chi connectivity index (χ3v) is 3.95. The average Bonchev–Trinajstić information content (AvgIpc) is 2.29.